The molecule has 62 heavy (non-hydrogen) atoms. The van der Waals surface area contributed by atoms with Gasteiger partial charge in [0, 0.05) is 13.0 Å². The van der Waals surface area contributed by atoms with Crippen molar-refractivity contribution in [2.45, 2.75) is 205 Å². The molecule has 0 aromatic carbocycles. The molecule has 0 radical (unpaired) electrons. The van der Waals surface area contributed by atoms with Gasteiger partial charge in [0.2, 0.25) is 0 Å². The van der Waals surface area contributed by atoms with Gasteiger partial charge in [-0.2, -0.15) is 8.42 Å². The number of allylic oxidation sites excluding steroid dienone is 12. The van der Waals surface area contributed by atoms with Crippen molar-refractivity contribution in [3.05, 3.63) is 72.9 Å². The van der Waals surface area contributed by atoms with Crippen LogP contribution in [0, 0.1) is 0 Å². The predicted octanol–water partition coefficient (Wildman–Crippen LogP) is 10.3. The zero-order valence-electron chi connectivity index (χ0n) is 38.2. The lowest BCUT2D eigenvalue weighted by Crippen LogP contribution is -2.60. The number of carbonyl (C=O) groups excluding carboxylic acids is 1. The van der Waals surface area contributed by atoms with Gasteiger partial charge in [-0.15, -0.1) is 0 Å². The minimum absolute atomic E-state index is 0.0189. The van der Waals surface area contributed by atoms with Crippen molar-refractivity contribution < 1.29 is 56.2 Å². The highest BCUT2D eigenvalue weighted by Crippen LogP contribution is 2.26. The molecule has 1 aliphatic heterocycles. The molecule has 358 valence electrons. The molecular formula is C49H84O12S. The SMILES string of the molecule is CC/C=C\C/C=C\C/C=C\C/C=C\CCCCCCCCCOCC(COC1OC(CO)C(O)C(OS(=O)(=O)O)C1O)OC(=O)CCCCCCC/C=C\C/C=C\CCCCC. The maximum atomic E-state index is 12.9. The highest BCUT2D eigenvalue weighted by Gasteiger charge is 2.48. The molecule has 12 nitrogen and oxygen atoms in total. The molecule has 1 heterocycles. The average molecular weight is 897 g/mol. The number of aliphatic hydroxyl groups is 3. The Morgan fingerprint density at radius 2 is 1.11 bits per heavy atom. The van der Waals surface area contributed by atoms with E-state index < -0.39 is 59.8 Å². The number of hydrogen-bond donors (Lipinski definition) is 4. The van der Waals surface area contributed by atoms with E-state index in [4.69, 9.17) is 23.5 Å². The van der Waals surface area contributed by atoms with Crippen LogP contribution in [0.5, 0.6) is 0 Å². The summed E-state index contributed by atoms with van der Waals surface area (Å²) in [5, 5.41) is 30.7. The molecule has 4 N–H and O–H groups in total. The molecule has 1 aliphatic rings. The maximum absolute atomic E-state index is 12.9. The zero-order chi connectivity index (χ0) is 45.4. The zero-order valence-corrected chi connectivity index (χ0v) is 39.0. The fourth-order valence-electron chi connectivity index (χ4n) is 6.75. The minimum atomic E-state index is -5.07. The summed E-state index contributed by atoms with van der Waals surface area (Å²) in [6.45, 7) is 3.79. The van der Waals surface area contributed by atoms with Crippen molar-refractivity contribution >= 4 is 16.4 Å². The Morgan fingerprint density at radius 3 is 1.63 bits per heavy atom. The van der Waals surface area contributed by atoms with Gasteiger partial charge in [0.15, 0.2) is 6.29 Å². The molecule has 0 aromatic rings. The predicted molar refractivity (Wildman–Crippen MR) is 248 cm³/mol. The topological polar surface area (TPSA) is 178 Å². The van der Waals surface area contributed by atoms with Gasteiger partial charge in [0.25, 0.3) is 0 Å². The highest BCUT2D eigenvalue weighted by molar-refractivity contribution is 7.80. The van der Waals surface area contributed by atoms with Gasteiger partial charge in [-0.3, -0.25) is 9.35 Å². The average Bonchev–Trinajstić information content (AvgIpc) is 3.24. The lowest BCUT2D eigenvalue weighted by Gasteiger charge is -2.41. The van der Waals surface area contributed by atoms with E-state index in [1.807, 2.05) is 0 Å². The monoisotopic (exact) mass is 897 g/mol. The third kappa shape index (κ3) is 33.1. The van der Waals surface area contributed by atoms with E-state index in [0.717, 1.165) is 103 Å². The van der Waals surface area contributed by atoms with Gasteiger partial charge >= 0.3 is 16.4 Å². The fraction of sp³-hybridized carbons (Fsp3) is 0.735. The lowest BCUT2D eigenvalue weighted by molar-refractivity contribution is -0.301. The molecule has 0 saturated carbocycles. The second kappa shape index (κ2) is 40.1. The van der Waals surface area contributed by atoms with Gasteiger partial charge in [0.1, 0.15) is 30.5 Å². The molecule has 0 aliphatic carbocycles. The molecule has 0 bridgehead atoms. The van der Waals surface area contributed by atoms with E-state index in [-0.39, 0.29) is 19.6 Å². The van der Waals surface area contributed by atoms with E-state index in [1.54, 1.807) is 0 Å². The number of esters is 1. The van der Waals surface area contributed by atoms with Crippen LogP contribution in [0.4, 0.5) is 0 Å². The van der Waals surface area contributed by atoms with Crippen molar-refractivity contribution in [2.24, 2.45) is 0 Å². The number of carbonyl (C=O) groups is 1. The van der Waals surface area contributed by atoms with Gasteiger partial charge in [-0.25, -0.2) is 4.18 Å². The second-order valence-corrected chi connectivity index (χ2v) is 17.0. The number of ether oxygens (including phenoxy) is 4. The highest BCUT2D eigenvalue weighted by atomic mass is 32.3. The summed E-state index contributed by atoms with van der Waals surface area (Å²) in [5.41, 5.74) is 0. The van der Waals surface area contributed by atoms with E-state index >= 15 is 0 Å². The van der Waals surface area contributed by atoms with Crippen LogP contribution in [0.3, 0.4) is 0 Å². The molecule has 13 heteroatoms. The number of hydrogen-bond acceptors (Lipinski definition) is 11. The van der Waals surface area contributed by atoms with Crippen molar-refractivity contribution in [2.75, 3.05) is 26.4 Å². The standard InChI is InChI=1S/C49H84O12S/c1-3-5-7-9-11-13-15-17-19-20-21-22-23-25-27-29-31-33-35-37-39-57-41-43(42-58-49-47(53)48(61-62(54,55)56)46(52)44(40-50)60-49)59-45(51)38-36-34-32-30-28-26-24-18-16-14-12-10-8-6-4-2/h5,7,11-14,17-19,21-22,24,43-44,46-50,52-53H,3-4,6,8-10,15-16,20,23,25-42H2,1-2H3,(H,54,55,56)/b7-5-,13-11-,14-12-,19-17-,22-21-,24-18-. The van der Waals surface area contributed by atoms with Crippen molar-refractivity contribution in [3.63, 3.8) is 0 Å². The summed E-state index contributed by atoms with van der Waals surface area (Å²) in [6.07, 6.45) is 42.1. The van der Waals surface area contributed by atoms with Gasteiger partial charge in [-0.05, 0) is 83.5 Å². The normalized spacial score (nSPS) is 20.6. The van der Waals surface area contributed by atoms with Crippen LogP contribution in [-0.2, 0) is 38.3 Å². The number of rotatable bonds is 40. The van der Waals surface area contributed by atoms with E-state index in [1.165, 1.54) is 38.5 Å². The first-order chi connectivity index (χ1) is 30.1. The molecule has 6 unspecified atom stereocenters. The Morgan fingerprint density at radius 1 is 0.629 bits per heavy atom. The van der Waals surface area contributed by atoms with E-state index in [2.05, 4.69) is 90.9 Å². The van der Waals surface area contributed by atoms with Gasteiger partial charge < -0.3 is 34.3 Å². The van der Waals surface area contributed by atoms with Crippen molar-refractivity contribution in [1.82, 2.24) is 0 Å². The smallest absolute Gasteiger partial charge is 0.397 e. The first-order valence-corrected chi connectivity index (χ1v) is 25.1. The maximum Gasteiger partial charge on any atom is 0.397 e. The Bertz CT molecular complexity index is 1360. The summed E-state index contributed by atoms with van der Waals surface area (Å²) in [5.74, 6) is -0.420. The summed E-state index contributed by atoms with van der Waals surface area (Å²) >= 11 is 0. The van der Waals surface area contributed by atoms with Crippen molar-refractivity contribution in [3.8, 4) is 0 Å². The Hall–Kier alpha value is -2.46. The van der Waals surface area contributed by atoms with Crippen LogP contribution in [-0.4, -0.2) is 97.5 Å². The third-order valence-electron chi connectivity index (χ3n) is 10.3. The lowest BCUT2D eigenvalue weighted by atomic mass is 9.99. The molecule has 1 rings (SSSR count). The summed E-state index contributed by atoms with van der Waals surface area (Å²) < 4.78 is 59.1. The van der Waals surface area contributed by atoms with E-state index in [9.17, 15) is 28.5 Å². The van der Waals surface area contributed by atoms with Crippen LogP contribution in [0.2, 0.25) is 0 Å². The molecule has 0 amide bonds. The summed E-state index contributed by atoms with van der Waals surface area (Å²) in [4.78, 5) is 12.9. The molecular weight excluding hydrogens is 813 g/mol. The van der Waals surface area contributed by atoms with Crippen LogP contribution in [0.1, 0.15) is 168 Å². The Balaban J connectivity index is 2.42. The summed E-state index contributed by atoms with van der Waals surface area (Å²) in [6, 6.07) is 0. The minimum Gasteiger partial charge on any atom is -0.457 e. The first kappa shape index (κ1) is 57.6. The van der Waals surface area contributed by atoms with Crippen LogP contribution in [0.15, 0.2) is 72.9 Å². The largest absolute Gasteiger partial charge is 0.457 e. The molecule has 0 spiro atoms. The van der Waals surface area contributed by atoms with E-state index in [0.29, 0.717) is 13.0 Å². The summed E-state index contributed by atoms with van der Waals surface area (Å²) in [7, 11) is -5.07. The second-order valence-electron chi connectivity index (χ2n) is 16.0. The molecule has 6 atom stereocenters. The molecule has 0 aromatic heterocycles. The molecule has 1 fully saturated rings. The van der Waals surface area contributed by atoms with Gasteiger partial charge in [0.05, 0.1) is 19.8 Å². The Kier molecular flexibility index (Phi) is 37.2. The van der Waals surface area contributed by atoms with Gasteiger partial charge in [-0.1, -0.05) is 151 Å². The number of aliphatic hydroxyl groups excluding tert-OH is 3. The third-order valence-corrected chi connectivity index (χ3v) is 10.8. The first-order valence-electron chi connectivity index (χ1n) is 23.7. The van der Waals surface area contributed by atoms with Crippen LogP contribution in [0.25, 0.3) is 0 Å². The van der Waals surface area contributed by atoms with Crippen LogP contribution < -0.4 is 0 Å². The number of unbranched alkanes of at least 4 members (excludes halogenated alkanes) is 15. The Labute approximate surface area is 375 Å². The van der Waals surface area contributed by atoms with Crippen molar-refractivity contribution in [1.29, 1.82) is 0 Å². The molecule has 1 saturated heterocycles. The fourth-order valence-corrected chi connectivity index (χ4v) is 7.26. The van der Waals surface area contributed by atoms with Crippen LogP contribution >= 0.6 is 0 Å². The quantitative estimate of drug-likeness (QED) is 0.0198.